The number of nitrogens with one attached hydrogen (secondary N) is 2. The third kappa shape index (κ3) is 2.14. The van der Waals surface area contributed by atoms with Crippen molar-refractivity contribution >= 4 is 22.6 Å². The first-order valence-electron chi connectivity index (χ1n) is 6.16. The number of fused-ring (bicyclic) bond motifs is 1. The molecular formula is C15H12FN3O. The second-order valence-electron chi connectivity index (χ2n) is 4.55. The average molecular weight is 269 g/mol. The van der Waals surface area contributed by atoms with Gasteiger partial charge in [0.1, 0.15) is 5.82 Å². The normalized spacial score (nSPS) is 10.7. The zero-order valence-electron chi connectivity index (χ0n) is 10.8. The third-order valence-corrected chi connectivity index (χ3v) is 3.08. The molecule has 0 saturated carbocycles. The van der Waals surface area contributed by atoms with E-state index in [4.69, 9.17) is 0 Å². The van der Waals surface area contributed by atoms with Crippen LogP contribution in [0.2, 0.25) is 0 Å². The van der Waals surface area contributed by atoms with E-state index in [-0.39, 0.29) is 17.1 Å². The van der Waals surface area contributed by atoms with Crippen LogP contribution in [0, 0.1) is 12.7 Å². The number of carbonyl (C=O) groups excluding carboxylic acids is 1. The number of carbonyl (C=O) groups is 1. The molecule has 3 rings (SSSR count). The molecule has 0 radical (unpaired) electrons. The monoisotopic (exact) mass is 269 g/mol. The van der Waals surface area contributed by atoms with Crippen LogP contribution in [0.3, 0.4) is 0 Å². The van der Waals surface area contributed by atoms with Gasteiger partial charge < -0.3 is 5.32 Å². The van der Waals surface area contributed by atoms with E-state index >= 15 is 0 Å². The van der Waals surface area contributed by atoms with Crippen molar-refractivity contribution < 1.29 is 9.18 Å². The van der Waals surface area contributed by atoms with E-state index in [1.54, 1.807) is 24.3 Å². The van der Waals surface area contributed by atoms with Crippen molar-refractivity contribution in [3.63, 3.8) is 0 Å². The zero-order valence-corrected chi connectivity index (χ0v) is 10.8. The van der Waals surface area contributed by atoms with E-state index in [9.17, 15) is 9.18 Å². The van der Waals surface area contributed by atoms with Gasteiger partial charge in [0, 0.05) is 5.56 Å². The van der Waals surface area contributed by atoms with Crippen LogP contribution in [0.15, 0.2) is 42.5 Å². The Balaban J connectivity index is 1.93. The Kier molecular flexibility index (Phi) is 2.95. The highest BCUT2D eigenvalue weighted by molar-refractivity contribution is 6.07. The van der Waals surface area contributed by atoms with Crippen molar-refractivity contribution in [2.45, 2.75) is 6.92 Å². The van der Waals surface area contributed by atoms with Gasteiger partial charge in [0.15, 0.2) is 5.82 Å². The quantitative estimate of drug-likeness (QED) is 0.750. The Morgan fingerprint density at radius 2 is 1.95 bits per heavy atom. The highest BCUT2D eigenvalue weighted by atomic mass is 19.1. The molecule has 0 aliphatic heterocycles. The van der Waals surface area contributed by atoms with Gasteiger partial charge in [-0.15, -0.1) is 0 Å². The van der Waals surface area contributed by atoms with Gasteiger partial charge in [0.25, 0.3) is 5.91 Å². The largest absolute Gasteiger partial charge is 0.304 e. The Bertz CT molecular complexity index is 777. The minimum atomic E-state index is -0.421. The topological polar surface area (TPSA) is 57.8 Å². The van der Waals surface area contributed by atoms with Gasteiger partial charge in [-0.2, -0.15) is 5.10 Å². The maximum Gasteiger partial charge on any atom is 0.256 e. The van der Waals surface area contributed by atoms with E-state index in [0.717, 1.165) is 5.56 Å². The molecule has 1 amide bonds. The van der Waals surface area contributed by atoms with Crippen LogP contribution in [0.25, 0.3) is 10.9 Å². The summed E-state index contributed by atoms with van der Waals surface area (Å²) < 4.78 is 13.8. The zero-order chi connectivity index (χ0) is 14.1. The SMILES string of the molecule is Cc1ccc(C(=O)Nc2n[nH]c3cccc(F)c23)cc1. The van der Waals surface area contributed by atoms with E-state index < -0.39 is 5.82 Å². The van der Waals surface area contributed by atoms with Crippen LogP contribution in [0.1, 0.15) is 15.9 Å². The number of amides is 1. The molecule has 2 N–H and O–H groups in total. The predicted molar refractivity (Wildman–Crippen MR) is 75.2 cm³/mol. The molecule has 5 heteroatoms. The van der Waals surface area contributed by atoms with Gasteiger partial charge in [0.2, 0.25) is 0 Å². The van der Waals surface area contributed by atoms with E-state index in [2.05, 4.69) is 15.5 Å². The minimum absolute atomic E-state index is 0.198. The lowest BCUT2D eigenvalue weighted by molar-refractivity contribution is 0.102. The maximum atomic E-state index is 13.8. The molecule has 0 aliphatic rings. The lowest BCUT2D eigenvalue weighted by Crippen LogP contribution is -2.12. The number of hydrogen-bond donors (Lipinski definition) is 2. The van der Waals surface area contributed by atoms with E-state index in [1.807, 2.05) is 19.1 Å². The first kappa shape index (κ1) is 12.3. The van der Waals surface area contributed by atoms with Gasteiger partial charge in [-0.05, 0) is 31.2 Å². The summed E-state index contributed by atoms with van der Waals surface area (Å²) in [7, 11) is 0. The Morgan fingerprint density at radius 3 is 2.70 bits per heavy atom. The number of aromatic amines is 1. The Morgan fingerprint density at radius 1 is 1.20 bits per heavy atom. The first-order chi connectivity index (χ1) is 9.65. The van der Waals surface area contributed by atoms with Crippen LogP contribution in [0.5, 0.6) is 0 Å². The number of halogens is 1. The fraction of sp³-hybridized carbons (Fsp3) is 0.0667. The number of hydrogen-bond acceptors (Lipinski definition) is 2. The number of benzene rings is 2. The molecule has 100 valence electrons. The number of aromatic nitrogens is 2. The molecule has 1 heterocycles. The lowest BCUT2D eigenvalue weighted by Gasteiger charge is -2.03. The summed E-state index contributed by atoms with van der Waals surface area (Å²) >= 11 is 0. The molecule has 0 saturated heterocycles. The summed E-state index contributed by atoms with van der Waals surface area (Å²) in [6, 6.07) is 11.7. The number of aryl methyl sites for hydroxylation is 1. The molecule has 0 bridgehead atoms. The summed E-state index contributed by atoms with van der Waals surface area (Å²) in [5, 5.41) is 9.54. The average Bonchev–Trinajstić information content (AvgIpc) is 2.84. The van der Waals surface area contributed by atoms with E-state index in [0.29, 0.717) is 11.1 Å². The van der Waals surface area contributed by atoms with Gasteiger partial charge in [-0.25, -0.2) is 4.39 Å². The van der Waals surface area contributed by atoms with Crippen molar-refractivity contribution in [3.05, 3.63) is 59.4 Å². The number of nitrogens with zero attached hydrogens (tertiary/aromatic N) is 1. The van der Waals surface area contributed by atoms with Gasteiger partial charge in [0.05, 0.1) is 10.9 Å². The minimum Gasteiger partial charge on any atom is -0.304 e. The van der Waals surface area contributed by atoms with Crippen molar-refractivity contribution in [2.75, 3.05) is 5.32 Å². The predicted octanol–water partition coefficient (Wildman–Crippen LogP) is 3.26. The highest BCUT2D eigenvalue weighted by Gasteiger charge is 2.13. The highest BCUT2D eigenvalue weighted by Crippen LogP contribution is 2.23. The number of anilines is 1. The number of rotatable bonds is 2. The fourth-order valence-corrected chi connectivity index (χ4v) is 2.01. The van der Waals surface area contributed by atoms with E-state index in [1.165, 1.54) is 6.07 Å². The molecule has 0 unspecified atom stereocenters. The molecular weight excluding hydrogens is 257 g/mol. The van der Waals surface area contributed by atoms with Crippen molar-refractivity contribution in [1.82, 2.24) is 10.2 Å². The summed E-state index contributed by atoms with van der Waals surface area (Å²) in [6.45, 7) is 1.94. The molecule has 4 nitrogen and oxygen atoms in total. The van der Waals surface area contributed by atoms with Crippen LogP contribution >= 0.6 is 0 Å². The fourth-order valence-electron chi connectivity index (χ4n) is 2.01. The number of H-pyrrole nitrogens is 1. The van der Waals surface area contributed by atoms with Gasteiger partial charge in [-0.3, -0.25) is 9.89 Å². The molecule has 0 aliphatic carbocycles. The van der Waals surface area contributed by atoms with Gasteiger partial charge in [-0.1, -0.05) is 23.8 Å². The molecule has 20 heavy (non-hydrogen) atoms. The summed E-state index contributed by atoms with van der Waals surface area (Å²) in [5.41, 5.74) is 2.12. The van der Waals surface area contributed by atoms with Crippen molar-refractivity contribution in [3.8, 4) is 0 Å². The third-order valence-electron chi connectivity index (χ3n) is 3.08. The first-order valence-corrected chi connectivity index (χ1v) is 6.16. The summed E-state index contributed by atoms with van der Waals surface area (Å²) in [4.78, 5) is 12.1. The van der Waals surface area contributed by atoms with Crippen LogP contribution in [0.4, 0.5) is 10.2 Å². The van der Waals surface area contributed by atoms with Crippen molar-refractivity contribution in [2.24, 2.45) is 0 Å². The smallest absolute Gasteiger partial charge is 0.256 e. The maximum absolute atomic E-state index is 13.8. The van der Waals surface area contributed by atoms with Crippen LogP contribution in [-0.2, 0) is 0 Å². The molecule has 3 aromatic rings. The second-order valence-corrected chi connectivity index (χ2v) is 4.55. The lowest BCUT2D eigenvalue weighted by atomic mass is 10.1. The van der Waals surface area contributed by atoms with Crippen molar-refractivity contribution in [1.29, 1.82) is 0 Å². The van der Waals surface area contributed by atoms with Crippen LogP contribution in [-0.4, -0.2) is 16.1 Å². The Labute approximate surface area is 114 Å². The molecule has 0 fully saturated rings. The van der Waals surface area contributed by atoms with Gasteiger partial charge >= 0.3 is 0 Å². The second kappa shape index (κ2) is 4.77. The molecule has 0 spiro atoms. The Hall–Kier alpha value is -2.69. The molecule has 0 atom stereocenters. The summed E-state index contributed by atoms with van der Waals surface area (Å²) in [5.74, 6) is -0.541. The summed E-state index contributed by atoms with van der Waals surface area (Å²) in [6.07, 6.45) is 0. The molecule has 1 aromatic heterocycles. The molecule has 2 aromatic carbocycles. The standard InChI is InChI=1S/C15H12FN3O/c1-9-5-7-10(8-6-9)15(20)17-14-13-11(16)3-2-4-12(13)18-19-14/h2-8H,1H3,(H2,17,18,19,20). The van der Waals surface area contributed by atoms with Crippen LogP contribution < -0.4 is 5.32 Å².